The predicted molar refractivity (Wildman–Crippen MR) is 76.5 cm³/mol. The molecule has 3 rings (SSSR count). The van der Waals surface area contributed by atoms with Crippen LogP contribution in [0.2, 0.25) is 0 Å². The van der Waals surface area contributed by atoms with Crippen molar-refractivity contribution in [1.82, 2.24) is 10.6 Å². The molecule has 1 fully saturated rings. The van der Waals surface area contributed by atoms with E-state index in [1.54, 1.807) is 0 Å². The van der Waals surface area contributed by atoms with Gasteiger partial charge in [-0.25, -0.2) is 4.79 Å². The fourth-order valence-corrected chi connectivity index (χ4v) is 2.22. The summed E-state index contributed by atoms with van der Waals surface area (Å²) in [5.74, 6) is 0.813. The Hall–Kier alpha value is -2.49. The van der Waals surface area contributed by atoms with E-state index in [9.17, 15) is 4.79 Å². The zero-order chi connectivity index (χ0) is 13.8. The van der Waals surface area contributed by atoms with Crippen molar-refractivity contribution in [1.29, 1.82) is 0 Å². The van der Waals surface area contributed by atoms with E-state index in [-0.39, 0.29) is 12.1 Å². The van der Waals surface area contributed by atoms with Crippen LogP contribution in [0.15, 0.2) is 54.6 Å². The van der Waals surface area contributed by atoms with Crippen LogP contribution >= 0.6 is 0 Å². The number of carbonyl (C=O) groups excluding carboxylic acids is 1. The quantitative estimate of drug-likeness (QED) is 0.895. The highest BCUT2D eigenvalue weighted by atomic mass is 16.5. The summed E-state index contributed by atoms with van der Waals surface area (Å²) >= 11 is 0. The van der Waals surface area contributed by atoms with E-state index in [1.807, 2.05) is 54.6 Å². The monoisotopic (exact) mass is 268 g/mol. The van der Waals surface area contributed by atoms with Gasteiger partial charge in [-0.1, -0.05) is 42.5 Å². The highest BCUT2D eigenvalue weighted by molar-refractivity contribution is 5.76. The molecule has 0 aromatic heterocycles. The first-order valence-electron chi connectivity index (χ1n) is 6.62. The number of urea groups is 1. The van der Waals surface area contributed by atoms with E-state index in [2.05, 4.69) is 10.6 Å². The number of rotatable bonds is 4. The largest absolute Gasteiger partial charge is 0.489 e. The second kappa shape index (κ2) is 5.65. The fraction of sp³-hybridized carbons (Fsp3) is 0.188. The molecule has 0 aliphatic carbocycles. The molecule has 0 saturated carbocycles. The number of hydrogen-bond acceptors (Lipinski definition) is 2. The lowest BCUT2D eigenvalue weighted by Gasteiger charge is -2.12. The predicted octanol–water partition coefficient (Wildman–Crippen LogP) is 2.62. The molecule has 1 atom stereocenters. The third kappa shape index (κ3) is 2.91. The van der Waals surface area contributed by atoms with Gasteiger partial charge in [-0.3, -0.25) is 0 Å². The van der Waals surface area contributed by atoms with Crippen molar-refractivity contribution in [2.24, 2.45) is 0 Å². The average molecular weight is 268 g/mol. The van der Waals surface area contributed by atoms with Crippen LogP contribution < -0.4 is 15.4 Å². The Labute approximate surface area is 117 Å². The molecule has 20 heavy (non-hydrogen) atoms. The Kier molecular flexibility index (Phi) is 3.54. The molecule has 2 amide bonds. The van der Waals surface area contributed by atoms with E-state index in [4.69, 9.17) is 4.74 Å². The van der Waals surface area contributed by atoms with Gasteiger partial charge in [-0.2, -0.15) is 0 Å². The van der Waals surface area contributed by atoms with Crippen LogP contribution in [0.3, 0.4) is 0 Å². The van der Waals surface area contributed by atoms with Gasteiger partial charge in [0.05, 0.1) is 6.04 Å². The van der Waals surface area contributed by atoms with Gasteiger partial charge in [-0.05, 0) is 23.3 Å². The molecule has 0 unspecified atom stereocenters. The van der Waals surface area contributed by atoms with Gasteiger partial charge < -0.3 is 15.4 Å². The summed E-state index contributed by atoms with van der Waals surface area (Å²) in [7, 11) is 0. The molecule has 1 aliphatic heterocycles. The number of carbonyl (C=O) groups is 1. The first kappa shape index (κ1) is 12.5. The Morgan fingerprint density at radius 1 is 1.10 bits per heavy atom. The third-order valence-electron chi connectivity index (χ3n) is 3.28. The van der Waals surface area contributed by atoms with Gasteiger partial charge in [0.2, 0.25) is 0 Å². The van der Waals surface area contributed by atoms with Gasteiger partial charge in [-0.15, -0.1) is 0 Å². The number of amides is 2. The van der Waals surface area contributed by atoms with Crippen molar-refractivity contribution >= 4 is 6.03 Å². The summed E-state index contributed by atoms with van der Waals surface area (Å²) in [6, 6.07) is 17.8. The Morgan fingerprint density at radius 2 is 1.95 bits per heavy atom. The summed E-state index contributed by atoms with van der Waals surface area (Å²) in [5.41, 5.74) is 2.18. The van der Waals surface area contributed by atoms with Crippen molar-refractivity contribution in [3.63, 3.8) is 0 Å². The smallest absolute Gasteiger partial charge is 0.315 e. The minimum atomic E-state index is -0.120. The lowest BCUT2D eigenvalue weighted by molar-refractivity contribution is 0.247. The lowest BCUT2D eigenvalue weighted by atomic mass is 10.1. The van der Waals surface area contributed by atoms with E-state index < -0.39 is 0 Å². The normalized spacial score (nSPS) is 17.4. The minimum absolute atomic E-state index is 0.0165. The van der Waals surface area contributed by atoms with Gasteiger partial charge >= 0.3 is 6.03 Å². The molecule has 2 aromatic rings. The lowest BCUT2D eigenvalue weighted by Crippen LogP contribution is -2.21. The topological polar surface area (TPSA) is 50.4 Å². The molecule has 1 heterocycles. The number of hydrogen-bond donors (Lipinski definition) is 2. The first-order chi connectivity index (χ1) is 9.81. The molecule has 1 saturated heterocycles. The Balaban J connectivity index is 1.67. The second-order valence-electron chi connectivity index (χ2n) is 4.75. The molecule has 1 aliphatic rings. The number of benzene rings is 2. The summed E-state index contributed by atoms with van der Waals surface area (Å²) in [5, 5.41) is 5.62. The maximum atomic E-state index is 11.2. The maximum absolute atomic E-state index is 11.2. The summed E-state index contributed by atoms with van der Waals surface area (Å²) in [6.07, 6.45) is 0. The molecular formula is C16H16N2O2. The molecule has 4 nitrogen and oxygen atoms in total. The van der Waals surface area contributed by atoms with Crippen LogP contribution in [0.4, 0.5) is 4.79 Å². The van der Waals surface area contributed by atoms with Crippen LogP contribution in [-0.2, 0) is 6.61 Å². The van der Waals surface area contributed by atoms with Crippen molar-refractivity contribution < 1.29 is 9.53 Å². The Morgan fingerprint density at radius 3 is 2.70 bits per heavy atom. The van der Waals surface area contributed by atoms with Gasteiger partial charge in [0, 0.05) is 6.54 Å². The molecule has 2 N–H and O–H groups in total. The van der Waals surface area contributed by atoms with Crippen LogP contribution in [0.1, 0.15) is 17.2 Å². The fourth-order valence-electron chi connectivity index (χ4n) is 2.22. The zero-order valence-electron chi connectivity index (χ0n) is 11.0. The highest BCUT2D eigenvalue weighted by Gasteiger charge is 2.21. The van der Waals surface area contributed by atoms with Crippen molar-refractivity contribution in [2.45, 2.75) is 12.6 Å². The highest BCUT2D eigenvalue weighted by Crippen LogP contribution is 2.21. The van der Waals surface area contributed by atoms with Crippen molar-refractivity contribution in [3.05, 3.63) is 65.7 Å². The zero-order valence-corrected chi connectivity index (χ0v) is 11.0. The van der Waals surface area contributed by atoms with E-state index >= 15 is 0 Å². The van der Waals surface area contributed by atoms with Crippen LogP contribution in [0.25, 0.3) is 0 Å². The number of ether oxygens (including phenoxy) is 1. The van der Waals surface area contributed by atoms with Gasteiger partial charge in [0.1, 0.15) is 12.4 Å². The standard InChI is InChI=1S/C16H16N2O2/c19-16-17-10-15(18-16)13-7-4-8-14(9-13)20-11-12-5-2-1-3-6-12/h1-9,15H,10-11H2,(H2,17,18,19)/t15-/m0/s1. The van der Waals surface area contributed by atoms with Crippen LogP contribution in [0.5, 0.6) is 5.75 Å². The molecule has 4 heteroatoms. The maximum Gasteiger partial charge on any atom is 0.315 e. The summed E-state index contributed by atoms with van der Waals surface area (Å²) in [4.78, 5) is 11.2. The number of nitrogens with one attached hydrogen (secondary N) is 2. The molecule has 0 radical (unpaired) electrons. The van der Waals surface area contributed by atoms with Crippen LogP contribution in [0, 0.1) is 0 Å². The van der Waals surface area contributed by atoms with Crippen molar-refractivity contribution in [2.75, 3.05) is 6.54 Å². The SMILES string of the molecule is O=C1NC[C@@H](c2cccc(OCc3ccccc3)c2)N1. The van der Waals surface area contributed by atoms with Crippen molar-refractivity contribution in [3.8, 4) is 5.75 Å². The van der Waals surface area contributed by atoms with E-state index in [1.165, 1.54) is 0 Å². The first-order valence-corrected chi connectivity index (χ1v) is 6.62. The van der Waals surface area contributed by atoms with Gasteiger partial charge in [0.15, 0.2) is 0 Å². The molecule has 102 valence electrons. The van der Waals surface area contributed by atoms with E-state index in [0.29, 0.717) is 13.2 Å². The second-order valence-corrected chi connectivity index (χ2v) is 4.75. The molecule has 2 aromatic carbocycles. The summed E-state index contributed by atoms with van der Waals surface area (Å²) in [6.45, 7) is 1.15. The molecule has 0 bridgehead atoms. The molecule has 0 spiro atoms. The minimum Gasteiger partial charge on any atom is -0.489 e. The van der Waals surface area contributed by atoms with E-state index in [0.717, 1.165) is 16.9 Å². The summed E-state index contributed by atoms with van der Waals surface area (Å²) < 4.78 is 5.79. The molecular weight excluding hydrogens is 252 g/mol. The average Bonchev–Trinajstić information content (AvgIpc) is 2.93. The van der Waals surface area contributed by atoms with Crippen LogP contribution in [-0.4, -0.2) is 12.6 Å². The third-order valence-corrected chi connectivity index (χ3v) is 3.28. The Bertz CT molecular complexity index is 598. The van der Waals surface area contributed by atoms with Gasteiger partial charge in [0.25, 0.3) is 0 Å².